The number of rotatable bonds is 8. The van der Waals surface area contributed by atoms with E-state index in [-0.39, 0.29) is 30.1 Å². The van der Waals surface area contributed by atoms with Crippen molar-refractivity contribution in [2.75, 3.05) is 26.2 Å². The summed E-state index contributed by atoms with van der Waals surface area (Å²) in [4.78, 5) is 27.6. The van der Waals surface area contributed by atoms with Gasteiger partial charge in [0.25, 0.3) is 0 Å². The third-order valence-electron chi connectivity index (χ3n) is 5.39. The molecule has 1 heterocycles. The van der Waals surface area contributed by atoms with E-state index in [0.29, 0.717) is 19.0 Å². The van der Waals surface area contributed by atoms with E-state index in [2.05, 4.69) is 39.9 Å². The maximum Gasteiger partial charge on any atom is 0.317 e. The van der Waals surface area contributed by atoms with E-state index in [1.54, 1.807) is 0 Å². The molecule has 0 aromatic rings. The van der Waals surface area contributed by atoms with Crippen molar-refractivity contribution >= 4 is 12.0 Å². The Balaban J connectivity index is 2.57. The van der Waals surface area contributed by atoms with Crippen molar-refractivity contribution in [2.24, 2.45) is 11.3 Å². The van der Waals surface area contributed by atoms with E-state index in [0.717, 1.165) is 32.2 Å². The fourth-order valence-electron chi connectivity index (χ4n) is 3.57. The van der Waals surface area contributed by atoms with Gasteiger partial charge in [0.1, 0.15) is 0 Å². The third kappa shape index (κ3) is 7.52. The third-order valence-corrected chi connectivity index (χ3v) is 5.39. The number of carboxylic acid groups (broad SMARTS) is 1. The highest BCUT2D eigenvalue weighted by molar-refractivity contribution is 5.74. The summed E-state index contributed by atoms with van der Waals surface area (Å²) in [6.45, 7) is 15.1. The van der Waals surface area contributed by atoms with Gasteiger partial charge in [0.05, 0.1) is 6.54 Å². The molecule has 6 nitrogen and oxygen atoms in total. The highest BCUT2D eigenvalue weighted by atomic mass is 16.4. The number of carboxylic acids is 1. The van der Waals surface area contributed by atoms with Crippen molar-refractivity contribution in [1.82, 2.24) is 15.1 Å². The SMILES string of the molecule is CCN(CC(=O)O)C1CCN(C(=O)NC(CCC(C)C)C(C)(C)C)CC1. The minimum absolute atomic E-state index is 0.0217. The summed E-state index contributed by atoms with van der Waals surface area (Å²) in [5.41, 5.74) is 0.0311. The summed E-state index contributed by atoms with van der Waals surface area (Å²) < 4.78 is 0. The molecule has 1 aliphatic rings. The number of urea groups is 1. The van der Waals surface area contributed by atoms with Gasteiger partial charge in [-0.2, -0.15) is 0 Å². The Morgan fingerprint density at radius 1 is 1.19 bits per heavy atom. The van der Waals surface area contributed by atoms with Crippen LogP contribution in [0.4, 0.5) is 4.79 Å². The van der Waals surface area contributed by atoms with E-state index in [9.17, 15) is 9.59 Å². The summed E-state index contributed by atoms with van der Waals surface area (Å²) >= 11 is 0. The predicted molar refractivity (Wildman–Crippen MR) is 105 cm³/mol. The molecule has 1 rings (SSSR count). The molecule has 1 unspecified atom stereocenters. The Kier molecular flexibility index (Phi) is 8.87. The molecule has 1 aliphatic heterocycles. The van der Waals surface area contributed by atoms with Gasteiger partial charge in [0.15, 0.2) is 0 Å². The average molecular weight is 370 g/mol. The van der Waals surface area contributed by atoms with Gasteiger partial charge in [0, 0.05) is 25.2 Å². The number of nitrogens with zero attached hydrogens (tertiary/aromatic N) is 2. The van der Waals surface area contributed by atoms with E-state index in [4.69, 9.17) is 5.11 Å². The second kappa shape index (κ2) is 10.1. The standard InChI is InChI=1S/C20H39N3O3/c1-7-22(14-18(24)25)16-10-12-23(13-11-16)19(26)21-17(20(4,5)6)9-8-15(2)3/h15-17H,7-14H2,1-6H3,(H,21,26)(H,24,25). The number of likely N-dealkylation sites (N-methyl/N-ethyl adjacent to an activating group) is 1. The Morgan fingerprint density at radius 3 is 2.19 bits per heavy atom. The first-order chi connectivity index (χ1) is 12.0. The van der Waals surface area contributed by atoms with Crippen molar-refractivity contribution in [3.8, 4) is 0 Å². The molecule has 0 aromatic carbocycles. The first kappa shape index (κ1) is 22.7. The number of hydrogen-bond acceptors (Lipinski definition) is 3. The number of carbonyl (C=O) groups excluding carboxylic acids is 1. The summed E-state index contributed by atoms with van der Waals surface area (Å²) in [6, 6.07) is 0.433. The summed E-state index contributed by atoms with van der Waals surface area (Å²) in [7, 11) is 0. The molecule has 0 aliphatic carbocycles. The first-order valence-corrected chi connectivity index (χ1v) is 10.1. The fraction of sp³-hybridized carbons (Fsp3) is 0.900. The number of hydrogen-bond donors (Lipinski definition) is 2. The Bertz CT molecular complexity index is 452. The monoisotopic (exact) mass is 369 g/mol. The molecule has 0 aromatic heterocycles. The zero-order valence-electron chi connectivity index (χ0n) is 17.5. The van der Waals surface area contributed by atoms with Crippen LogP contribution in [0.3, 0.4) is 0 Å². The fourth-order valence-corrected chi connectivity index (χ4v) is 3.57. The van der Waals surface area contributed by atoms with Crippen LogP contribution in [-0.2, 0) is 4.79 Å². The van der Waals surface area contributed by atoms with Crippen LogP contribution in [0, 0.1) is 11.3 Å². The number of likely N-dealkylation sites (tertiary alicyclic amines) is 1. The minimum Gasteiger partial charge on any atom is -0.480 e. The lowest BCUT2D eigenvalue weighted by Crippen LogP contribution is -2.54. The molecule has 2 N–H and O–H groups in total. The van der Waals surface area contributed by atoms with E-state index in [1.165, 1.54) is 0 Å². The van der Waals surface area contributed by atoms with Crippen molar-refractivity contribution in [3.63, 3.8) is 0 Å². The molecule has 0 bridgehead atoms. The zero-order chi connectivity index (χ0) is 19.9. The molecule has 0 radical (unpaired) electrons. The molecule has 152 valence electrons. The summed E-state index contributed by atoms with van der Waals surface area (Å²) in [5, 5.41) is 12.3. The highest BCUT2D eigenvalue weighted by Crippen LogP contribution is 2.25. The summed E-state index contributed by atoms with van der Waals surface area (Å²) in [6.07, 6.45) is 3.76. The van der Waals surface area contributed by atoms with Crippen LogP contribution in [0.2, 0.25) is 0 Å². The number of aliphatic carboxylic acids is 1. The van der Waals surface area contributed by atoms with Crippen LogP contribution >= 0.6 is 0 Å². The number of amides is 2. The Hall–Kier alpha value is -1.30. The van der Waals surface area contributed by atoms with Crippen molar-refractivity contribution < 1.29 is 14.7 Å². The quantitative estimate of drug-likeness (QED) is 0.688. The second-order valence-electron chi connectivity index (χ2n) is 9.01. The molecule has 26 heavy (non-hydrogen) atoms. The highest BCUT2D eigenvalue weighted by Gasteiger charge is 2.31. The van der Waals surface area contributed by atoms with Gasteiger partial charge in [-0.25, -0.2) is 4.79 Å². The molecule has 1 fully saturated rings. The van der Waals surface area contributed by atoms with Crippen LogP contribution in [0.1, 0.15) is 67.2 Å². The maximum atomic E-state index is 12.7. The van der Waals surface area contributed by atoms with Crippen LogP contribution in [0.15, 0.2) is 0 Å². The molecular formula is C20H39N3O3. The van der Waals surface area contributed by atoms with Crippen LogP contribution in [-0.4, -0.2) is 65.2 Å². The van der Waals surface area contributed by atoms with Crippen LogP contribution in [0.5, 0.6) is 0 Å². The minimum atomic E-state index is -0.787. The second-order valence-corrected chi connectivity index (χ2v) is 9.01. The molecule has 2 amide bonds. The first-order valence-electron chi connectivity index (χ1n) is 10.1. The van der Waals surface area contributed by atoms with E-state index < -0.39 is 5.97 Å². The Morgan fingerprint density at radius 2 is 1.77 bits per heavy atom. The van der Waals surface area contributed by atoms with E-state index in [1.807, 2.05) is 16.7 Å². The molecule has 0 spiro atoms. The summed E-state index contributed by atoms with van der Waals surface area (Å²) in [5.74, 6) is -0.160. The van der Waals surface area contributed by atoms with E-state index >= 15 is 0 Å². The molecule has 6 heteroatoms. The van der Waals surface area contributed by atoms with Gasteiger partial charge < -0.3 is 15.3 Å². The van der Waals surface area contributed by atoms with Crippen molar-refractivity contribution in [1.29, 1.82) is 0 Å². The van der Waals surface area contributed by atoms with Gasteiger partial charge in [-0.05, 0) is 43.6 Å². The normalized spacial score (nSPS) is 17.6. The van der Waals surface area contributed by atoms with Gasteiger partial charge in [-0.1, -0.05) is 41.5 Å². The van der Waals surface area contributed by atoms with Crippen LogP contribution in [0.25, 0.3) is 0 Å². The maximum absolute atomic E-state index is 12.7. The molecule has 0 saturated carbocycles. The zero-order valence-corrected chi connectivity index (χ0v) is 17.5. The van der Waals surface area contributed by atoms with Crippen LogP contribution < -0.4 is 5.32 Å². The van der Waals surface area contributed by atoms with Crippen molar-refractivity contribution in [3.05, 3.63) is 0 Å². The number of carbonyl (C=O) groups is 2. The average Bonchev–Trinajstić information content (AvgIpc) is 2.55. The molecule has 1 saturated heterocycles. The number of piperidine rings is 1. The largest absolute Gasteiger partial charge is 0.480 e. The molecule has 1 atom stereocenters. The lowest BCUT2D eigenvalue weighted by molar-refractivity contribution is -0.139. The van der Waals surface area contributed by atoms with Gasteiger partial charge in [-0.15, -0.1) is 0 Å². The Labute approximate surface area is 159 Å². The predicted octanol–water partition coefficient (Wildman–Crippen LogP) is 3.42. The topological polar surface area (TPSA) is 72.9 Å². The van der Waals surface area contributed by atoms with Gasteiger partial charge in [-0.3, -0.25) is 9.69 Å². The molecular weight excluding hydrogens is 330 g/mol. The smallest absolute Gasteiger partial charge is 0.317 e. The van der Waals surface area contributed by atoms with Gasteiger partial charge in [0.2, 0.25) is 0 Å². The van der Waals surface area contributed by atoms with Crippen molar-refractivity contribution in [2.45, 2.75) is 79.3 Å². The van der Waals surface area contributed by atoms with Gasteiger partial charge >= 0.3 is 12.0 Å². The lowest BCUT2D eigenvalue weighted by atomic mass is 9.83. The number of nitrogens with one attached hydrogen (secondary N) is 1. The lowest BCUT2D eigenvalue weighted by Gasteiger charge is -2.39.